The number of rotatable bonds is 10. The first-order chi connectivity index (χ1) is 8.57. The maximum absolute atomic E-state index is 11.0. The Morgan fingerprint density at radius 3 is 2.39 bits per heavy atom. The number of carbonyl (C=O) groups excluding carboxylic acids is 1. The van der Waals surface area contributed by atoms with Crippen molar-refractivity contribution in [2.24, 2.45) is 0 Å². The van der Waals surface area contributed by atoms with Crippen molar-refractivity contribution in [3.05, 3.63) is 30.2 Å². The lowest BCUT2D eigenvalue weighted by molar-refractivity contribution is -0.256. The molecule has 0 aliphatic carbocycles. The van der Waals surface area contributed by atoms with Crippen LogP contribution in [0.1, 0.15) is 13.8 Å². The van der Waals surface area contributed by atoms with Gasteiger partial charge in [-0.15, -0.1) is 0 Å². The van der Waals surface area contributed by atoms with E-state index in [0.717, 1.165) is 11.5 Å². The van der Waals surface area contributed by atoms with E-state index in [-0.39, 0.29) is 5.97 Å². The van der Waals surface area contributed by atoms with Gasteiger partial charge in [-0.05, 0) is 6.92 Å². The minimum atomic E-state index is -0.343. The van der Waals surface area contributed by atoms with Gasteiger partial charge in [0.2, 0.25) is 0 Å². The number of esters is 1. The highest BCUT2D eigenvalue weighted by atomic mass is 33.1. The first-order valence-corrected chi connectivity index (χ1v) is 7.80. The average molecular weight is 290 g/mol. The van der Waals surface area contributed by atoms with Crippen molar-refractivity contribution in [3.63, 3.8) is 0 Å². The van der Waals surface area contributed by atoms with Crippen LogP contribution in [0.25, 0.3) is 0 Å². The Bertz CT molecular complexity index is 322. The summed E-state index contributed by atoms with van der Waals surface area (Å²) in [4.78, 5) is 20.7. The summed E-state index contributed by atoms with van der Waals surface area (Å²) in [5, 5.41) is 0. The Labute approximate surface area is 116 Å². The standard InChI is InChI=1S/C12H18O4S2/c1-5-11(4)16-15-7-9-18-17-8-6-14-12(13)10(2)3/h1-2,6-9H2,3-4H3. The summed E-state index contributed by atoms with van der Waals surface area (Å²) in [5.74, 6) is 1.68. The summed E-state index contributed by atoms with van der Waals surface area (Å²) in [6.45, 7) is 11.1. The molecule has 0 amide bonds. The van der Waals surface area contributed by atoms with E-state index >= 15 is 0 Å². The first-order valence-electron chi connectivity index (χ1n) is 5.31. The summed E-state index contributed by atoms with van der Waals surface area (Å²) in [7, 11) is 3.24. The number of hydrogen-bond acceptors (Lipinski definition) is 6. The highest BCUT2D eigenvalue weighted by molar-refractivity contribution is 8.76. The third-order valence-corrected chi connectivity index (χ3v) is 3.85. The van der Waals surface area contributed by atoms with E-state index in [1.807, 2.05) is 0 Å². The summed E-state index contributed by atoms with van der Waals surface area (Å²) in [6, 6.07) is 0. The molecule has 0 bridgehead atoms. The molecule has 0 fully saturated rings. The molecule has 0 saturated carbocycles. The summed E-state index contributed by atoms with van der Waals surface area (Å²) < 4.78 is 4.93. The van der Waals surface area contributed by atoms with Crippen LogP contribution in [0.5, 0.6) is 0 Å². The van der Waals surface area contributed by atoms with Gasteiger partial charge in [-0.2, -0.15) is 4.89 Å². The van der Waals surface area contributed by atoms with Crippen molar-refractivity contribution in [3.8, 4) is 0 Å². The molecule has 0 N–H and O–H groups in total. The molecule has 0 unspecified atom stereocenters. The van der Waals surface area contributed by atoms with Crippen LogP contribution in [0.3, 0.4) is 0 Å². The monoisotopic (exact) mass is 290 g/mol. The van der Waals surface area contributed by atoms with Gasteiger partial charge < -0.3 is 9.62 Å². The van der Waals surface area contributed by atoms with Gasteiger partial charge >= 0.3 is 5.97 Å². The van der Waals surface area contributed by atoms with Gasteiger partial charge in [0.15, 0.2) is 5.76 Å². The lowest BCUT2D eigenvalue weighted by Crippen LogP contribution is -2.07. The second-order valence-corrected chi connectivity index (χ2v) is 5.90. The first kappa shape index (κ1) is 17.2. The Hall–Kier alpha value is -0.810. The van der Waals surface area contributed by atoms with Crippen molar-refractivity contribution < 1.29 is 19.3 Å². The zero-order valence-corrected chi connectivity index (χ0v) is 12.3. The summed E-state index contributed by atoms with van der Waals surface area (Å²) in [5.41, 5.74) is 2.98. The molecule has 0 aromatic heterocycles. The minimum absolute atomic E-state index is 0.343. The molecular formula is C12H18O4S2. The lowest BCUT2D eigenvalue weighted by Gasteiger charge is -2.04. The fraction of sp³-hybridized carbons (Fsp3) is 0.500. The molecule has 0 aliphatic rings. The normalized spacial score (nSPS) is 9.44. The molecule has 6 heteroatoms. The SMILES string of the molecule is C=C=C(C)OOCCSSCCOC(=O)C(=C)C. The molecule has 0 rings (SSSR count). The van der Waals surface area contributed by atoms with Crippen LogP contribution in [0.15, 0.2) is 30.2 Å². The topological polar surface area (TPSA) is 44.8 Å². The Morgan fingerprint density at radius 2 is 1.83 bits per heavy atom. The zero-order chi connectivity index (χ0) is 13.8. The fourth-order valence-corrected chi connectivity index (χ4v) is 2.28. The molecular weight excluding hydrogens is 272 g/mol. The molecule has 0 atom stereocenters. The quantitative estimate of drug-likeness (QED) is 0.0900. The predicted octanol–water partition coefficient (Wildman–Crippen LogP) is 3.12. The van der Waals surface area contributed by atoms with E-state index < -0.39 is 0 Å². The maximum Gasteiger partial charge on any atom is 0.333 e. The number of allylic oxidation sites excluding steroid dienone is 1. The fourth-order valence-electron chi connectivity index (χ4n) is 0.637. The van der Waals surface area contributed by atoms with Gasteiger partial charge in [0.1, 0.15) is 13.2 Å². The predicted molar refractivity (Wildman–Crippen MR) is 76.1 cm³/mol. The van der Waals surface area contributed by atoms with Gasteiger partial charge in [0.25, 0.3) is 0 Å². The second kappa shape index (κ2) is 11.3. The number of hydrogen-bond donors (Lipinski definition) is 0. The van der Waals surface area contributed by atoms with E-state index in [1.165, 1.54) is 0 Å². The molecule has 0 aromatic carbocycles. The highest BCUT2D eigenvalue weighted by Crippen LogP contribution is 2.20. The van der Waals surface area contributed by atoms with Gasteiger partial charge in [0.05, 0.1) is 0 Å². The van der Waals surface area contributed by atoms with Crippen molar-refractivity contribution in [2.75, 3.05) is 24.7 Å². The molecule has 0 heterocycles. The molecule has 18 heavy (non-hydrogen) atoms. The van der Waals surface area contributed by atoms with E-state index in [2.05, 4.69) is 18.9 Å². The molecule has 0 saturated heterocycles. The van der Waals surface area contributed by atoms with Gasteiger partial charge in [-0.1, -0.05) is 40.5 Å². The maximum atomic E-state index is 11.0. The van der Waals surface area contributed by atoms with E-state index in [4.69, 9.17) is 14.5 Å². The van der Waals surface area contributed by atoms with Crippen molar-refractivity contribution >= 4 is 27.6 Å². The smallest absolute Gasteiger partial charge is 0.333 e. The molecule has 0 aromatic rings. The van der Waals surface area contributed by atoms with Crippen molar-refractivity contribution in [1.29, 1.82) is 0 Å². The van der Waals surface area contributed by atoms with Crippen LogP contribution < -0.4 is 0 Å². The van der Waals surface area contributed by atoms with Gasteiger partial charge in [0, 0.05) is 24.0 Å². The van der Waals surface area contributed by atoms with Crippen LogP contribution in [-0.4, -0.2) is 30.7 Å². The molecule has 0 spiro atoms. The lowest BCUT2D eigenvalue weighted by atomic mass is 10.4. The second-order valence-electron chi connectivity index (χ2n) is 3.20. The van der Waals surface area contributed by atoms with Gasteiger partial charge in [-0.3, -0.25) is 0 Å². The molecule has 4 nitrogen and oxygen atoms in total. The Morgan fingerprint density at radius 1 is 1.22 bits per heavy atom. The third-order valence-electron chi connectivity index (χ3n) is 1.51. The van der Waals surface area contributed by atoms with Crippen LogP contribution in [0, 0.1) is 0 Å². The average Bonchev–Trinajstić information content (AvgIpc) is 2.35. The minimum Gasteiger partial charge on any atom is -0.461 e. The largest absolute Gasteiger partial charge is 0.461 e. The van der Waals surface area contributed by atoms with E-state index in [9.17, 15) is 4.79 Å². The highest BCUT2D eigenvalue weighted by Gasteiger charge is 2.02. The van der Waals surface area contributed by atoms with Crippen LogP contribution >= 0.6 is 21.6 Å². The Kier molecular flexibility index (Phi) is 10.8. The van der Waals surface area contributed by atoms with Crippen LogP contribution in [0.4, 0.5) is 0 Å². The van der Waals surface area contributed by atoms with Crippen LogP contribution in [0.2, 0.25) is 0 Å². The summed E-state index contributed by atoms with van der Waals surface area (Å²) in [6.07, 6.45) is 0. The van der Waals surface area contributed by atoms with E-state index in [1.54, 1.807) is 35.4 Å². The molecule has 0 radical (unpaired) electrons. The van der Waals surface area contributed by atoms with Crippen LogP contribution in [-0.2, 0) is 19.3 Å². The zero-order valence-electron chi connectivity index (χ0n) is 10.7. The van der Waals surface area contributed by atoms with Gasteiger partial charge in [-0.25, -0.2) is 4.79 Å². The Balaban J connectivity index is 3.24. The van der Waals surface area contributed by atoms with E-state index in [0.29, 0.717) is 24.5 Å². The number of ether oxygens (including phenoxy) is 1. The number of carbonyl (C=O) groups is 1. The molecule has 102 valence electrons. The third kappa shape index (κ3) is 10.4. The van der Waals surface area contributed by atoms with Crippen molar-refractivity contribution in [1.82, 2.24) is 0 Å². The summed E-state index contributed by atoms with van der Waals surface area (Å²) >= 11 is 0. The van der Waals surface area contributed by atoms with Crippen molar-refractivity contribution in [2.45, 2.75) is 13.8 Å². The molecule has 0 aliphatic heterocycles.